The molecule has 0 fully saturated rings. The summed E-state index contributed by atoms with van der Waals surface area (Å²) in [5.41, 5.74) is 2.13. The molecule has 1 heterocycles. The van der Waals surface area contributed by atoms with Crippen LogP contribution in [0, 0.1) is 11.6 Å². The zero-order valence-corrected chi connectivity index (χ0v) is 12.9. The van der Waals surface area contributed by atoms with E-state index in [1.807, 2.05) is 18.2 Å². The van der Waals surface area contributed by atoms with Crippen LogP contribution >= 0.6 is 0 Å². The predicted molar refractivity (Wildman–Crippen MR) is 83.8 cm³/mol. The van der Waals surface area contributed by atoms with Crippen LogP contribution in [0.1, 0.15) is 29.2 Å². The van der Waals surface area contributed by atoms with E-state index in [0.29, 0.717) is 13.2 Å². The maximum atomic E-state index is 14.0. The molecule has 1 aliphatic rings. The van der Waals surface area contributed by atoms with Crippen LogP contribution in [0.4, 0.5) is 8.78 Å². The van der Waals surface area contributed by atoms with E-state index in [4.69, 9.17) is 9.84 Å². The minimum absolute atomic E-state index is 0.132. The molecular formula is C18H17F2NO3. The maximum Gasteiger partial charge on any atom is 0.305 e. The minimum Gasteiger partial charge on any atom is -0.493 e. The first-order chi connectivity index (χ1) is 11.5. The van der Waals surface area contributed by atoms with Crippen molar-refractivity contribution in [1.29, 1.82) is 0 Å². The Morgan fingerprint density at radius 2 is 2.12 bits per heavy atom. The third-order valence-corrected chi connectivity index (χ3v) is 4.05. The van der Waals surface area contributed by atoms with Crippen molar-refractivity contribution < 1.29 is 23.4 Å². The Balaban J connectivity index is 1.80. The SMILES string of the molecule is O=C(O)C[C@@H](NCc1cccc2c1OCC2)c1ccc(F)cc1F. The molecule has 1 atom stereocenters. The Labute approximate surface area is 138 Å². The largest absolute Gasteiger partial charge is 0.493 e. The zero-order valence-electron chi connectivity index (χ0n) is 12.9. The molecule has 0 aliphatic carbocycles. The zero-order chi connectivity index (χ0) is 17.1. The number of halogens is 2. The van der Waals surface area contributed by atoms with Crippen LogP contribution in [0.5, 0.6) is 5.75 Å². The van der Waals surface area contributed by atoms with Crippen molar-refractivity contribution in [2.24, 2.45) is 0 Å². The summed E-state index contributed by atoms with van der Waals surface area (Å²) in [6, 6.07) is 8.18. The lowest BCUT2D eigenvalue weighted by molar-refractivity contribution is -0.137. The fourth-order valence-electron chi connectivity index (χ4n) is 2.91. The normalized spacial score (nSPS) is 14.1. The van der Waals surface area contributed by atoms with Gasteiger partial charge in [0.25, 0.3) is 0 Å². The number of ether oxygens (including phenoxy) is 1. The second-order valence-electron chi connectivity index (χ2n) is 5.70. The van der Waals surface area contributed by atoms with Crippen LogP contribution in [0.15, 0.2) is 36.4 Å². The van der Waals surface area contributed by atoms with Crippen molar-refractivity contribution >= 4 is 5.97 Å². The van der Waals surface area contributed by atoms with Gasteiger partial charge in [-0.05, 0) is 11.6 Å². The first-order valence-electron chi connectivity index (χ1n) is 7.68. The Morgan fingerprint density at radius 1 is 1.29 bits per heavy atom. The Bertz CT molecular complexity index is 764. The van der Waals surface area contributed by atoms with Crippen LogP contribution in [0.25, 0.3) is 0 Å². The van der Waals surface area contributed by atoms with Crippen molar-refractivity contribution in [3.8, 4) is 5.75 Å². The number of benzene rings is 2. The van der Waals surface area contributed by atoms with E-state index in [-0.39, 0.29) is 12.0 Å². The highest BCUT2D eigenvalue weighted by molar-refractivity contribution is 5.68. The molecule has 126 valence electrons. The number of carbonyl (C=O) groups is 1. The van der Waals surface area contributed by atoms with Gasteiger partial charge >= 0.3 is 5.97 Å². The van der Waals surface area contributed by atoms with Gasteiger partial charge in [-0.3, -0.25) is 4.79 Å². The van der Waals surface area contributed by atoms with Crippen LogP contribution in [0.3, 0.4) is 0 Å². The van der Waals surface area contributed by atoms with Gasteiger partial charge in [0.15, 0.2) is 0 Å². The fraction of sp³-hybridized carbons (Fsp3) is 0.278. The first kappa shape index (κ1) is 16.4. The second kappa shape index (κ2) is 6.97. The highest BCUT2D eigenvalue weighted by Crippen LogP contribution is 2.30. The molecule has 1 aliphatic heterocycles. The lowest BCUT2D eigenvalue weighted by Gasteiger charge is -2.19. The van der Waals surface area contributed by atoms with Crippen LogP contribution in [-0.4, -0.2) is 17.7 Å². The Hall–Kier alpha value is -2.47. The molecule has 0 spiro atoms. The van der Waals surface area contributed by atoms with Crippen molar-refractivity contribution in [3.63, 3.8) is 0 Å². The topological polar surface area (TPSA) is 58.6 Å². The van der Waals surface area contributed by atoms with Crippen molar-refractivity contribution in [1.82, 2.24) is 5.32 Å². The summed E-state index contributed by atoms with van der Waals surface area (Å²) >= 11 is 0. The van der Waals surface area contributed by atoms with Gasteiger partial charge < -0.3 is 15.2 Å². The van der Waals surface area contributed by atoms with Crippen molar-refractivity contribution in [2.45, 2.75) is 25.4 Å². The van der Waals surface area contributed by atoms with Gasteiger partial charge in [-0.2, -0.15) is 0 Å². The summed E-state index contributed by atoms with van der Waals surface area (Å²) in [5, 5.41) is 12.1. The molecule has 4 nitrogen and oxygen atoms in total. The van der Waals surface area contributed by atoms with E-state index in [9.17, 15) is 13.6 Å². The number of hydrogen-bond acceptors (Lipinski definition) is 3. The van der Waals surface area contributed by atoms with Crippen LogP contribution < -0.4 is 10.1 Å². The number of hydrogen-bond donors (Lipinski definition) is 2. The Kier molecular flexibility index (Phi) is 4.76. The average Bonchev–Trinajstić information content (AvgIpc) is 3.00. The number of nitrogens with one attached hydrogen (secondary N) is 1. The molecule has 0 saturated heterocycles. The number of carboxylic acid groups (broad SMARTS) is 1. The first-order valence-corrected chi connectivity index (χ1v) is 7.68. The molecule has 3 rings (SSSR count). The van der Waals surface area contributed by atoms with Gasteiger partial charge in [-0.15, -0.1) is 0 Å². The smallest absolute Gasteiger partial charge is 0.305 e. The predicted octanol–water partition coefficient (Wildman–Crippen LogP) is 3.21. The molecule has 0 radical (unpaired) electrons. The molecule has 2 N–H and O–H groups in total. The number of aliphatic carboxylic acids is 1. The van der Waals surface area contributed by atoms with E-state index in [1.54, 1.807) is 0 Å². The molecule has 24 heavy (non-hydrogen) atoms. The van der Waals surface area contributed by atoms with Crippen LogP contribution in [0.2, 0.25) is 0 Å². The fourth-order valence-corrected chi connectivity index (χ4v) is 2.91. The molecule has 6 heteroatoms. The standard InChI is InChI=1S/C18H17F2NO3/c19-13-4-5-14(15(20)8-13)16(9-17(22)23)21-10-12-3-1-2-11-6-7-24-18(11)12/h1-5,8,16,21H,6-7,9-10H2,(H,22,23)/t16-/m1/s1. The van der Waals surface area contributed by atoms with Crippen molar-refractivity contribution in [3.05, 3.63) is 64.7 Å². The molecule has 0 bridgehead atoms. The van der Waals surface area contributed by atoms with E-state index in [2.05, 4.69) is 5.32 Å². The van der Waals surface area contributed by atoms with Crippen LogP contribution in [-0.2, 0) is 17.8 Å². The van der Waals surface area contributed by atoms with Gasteiger partial charge in [0.1, 0.15) is 17.4 Å². The summed E-state index contributed by atoms with van der Waals surface area (Å²) in [6.07, 6.45) is 0.534. The maximum absolute atomic E-state index is 14.0. The molecule has 2 aromatic carbocycles. The summed E-state index contributed by atoms with van der Waals surface area (Å²) < 4.78 is 32.7. The van der Waals surface area contributed by atoms with Gasteiger partial charge in [-0.1, -0.05) is 24.3 Å². The number of carboxylic acids is 1. The molecule has 0 saturated carbocycles. The molecule has 0 amide bonds. The Morgan fingerprint density at radius 3 is 2.88 bits per heavy atom. The van der Waals surface area contributed by atoms with E-state index < -0.39 is 23.6 Å². The average molecular weight is 333 g/mol. The lowest BCUT2D eigenvalue weighted by Crippen LogP contribution is -2.24. The summed E-state index contributed by atoms with van der Waals surface area (Å²) in [5.74, 6) is -1.72. The third kappa shape index (κ3) is 3.54. The number of para-hydroxylation sites is 1. The highest BCUT2D eigenvalue weighted by Gasteiger charge is 2.21. The lowest BCUT2D eigenvalue weighted by atomic mass is 10.0. The highest BCUT2D eigenvalue weighted by atomic mass is 19.1. The molecule has 2 aromatic rings. The number of fused-ring (bicyclic) bond motifs is 1. The summed E-state index contributed by atoms with van der Waals surface area (Å²) in [7, 11) is 0. The molecule has 0 aromatic heterocycles. The monoisotopic (exact) mass is 333 g/mol. The van der Waals surface area contributed by atoms with E-state index in [0.717, 1.165) is 35.4 Å². The minimum atomic E-state index is -1.06. The van der Waals surface area contributed by atoms with Gasteiger partial charge in [-0.25, -0.2) is 8.78 Å². The van der Waals surface area contributed by atoms with Gasteiger partial charge in [0.05, 0.1) is 13.0 Å². The van der Waals surface area contributed by atoms with Gasteiger partial charge in [0.2, 0.25) is 0 Å². The molecule has 0 unspecified atom stereocenters. The third-order valence-electron chi connectivity index (χ3n) is 4.05. The quantitative estimate of drug-likeness (QED) is 0.852. The van der Waals surface area contributed by atoms with Gasteiger partial charge in [0, 0.05) is 36.2 Å². The van der Waals surface area contributed by atoms with E-state index >= 15 is 0 Å². The summed E-state index contributed by atoms with van der Waals surface area (Å²) in [4.78, 5) is 11.1. The summed E-state index contributed by atoms with van der Waals surface area (Å²) in [6.45, 7) is 0.954. The van der Waals surface area contributed by atoms with Crippen molar-refractivity contribution in [2.75, 3.05) is 6.61 Å². The van der Waals surface area contributed by atoms with E-state index in [1.165, 1.54) is 6.07 Å². The number of rotatable bonds is 6. The second-order valence-corrected chi connectivity index (χ2v) is 5.70. The molecular weight excluding hydrogens is 316 g/mol.